The van der Waals surface area contributed by atoms with Crippen molar-refractivity contribution in [2.24, 2.45) is 0 Å². The van der Waals surface area contributed by atoms with Crippen LogP contribution in [0.4, 0.5) is 17.6 Å². The van der Waals surface area contributed by atoms with Gasteiger partial charge in [-0.15, -0.1) is 0 Å². The van der Waals surface area contributed by atoms with Crippen molar-refractivity contribution >= 4 is 40.5 Å². The van der Waals surface area contributed by atoms with Crippen LogP contribution in [0.2, 0.25) is 0 Å². The first-order valence-corrected chi connectivity index (χ1v) is 13.0. The molecule has 1 aromatic carbocycles. The van der Waals surface area contributed by atoms with E-state index in [1.165, 1.54) is 0 Å². The lowest BCUT2D eigenvalue weighted by Gasteiger charge is -2.34. The van der Waals surface area contributed by atoms with Crippen molar-refractivity contribution in [1.29, 1.82) is 0 Å². The standard InChI is InChI=1S/C24H29N7O3S/c1-2-4-18(5-3-1)35-23-19-20(27-24(28-23)31-10-16-34-17-11-31)26-22(30-8-14-33-15-9-30)21(25-19)29-6-12-32-13-7-29/h1-5H,6-17H2. The predicted molar refractivity (Wildman–Crippen MR) is 135 cm³/mol. The maximum atomic E-state index is 5.61. The average molecular weight is 496 g/mol. The first-order chi connectivity index (χ1) is 17.3. The zero-order valence-electron chi connectivity index (χ0n) is 19.6. The summed E-state index contributed by atoms with van der Waals surface area (Å²) in [7, 11) is 0. The van der Waals surface area contributed by atoms with Gasteiger partial charge in [0.15, 0.2) is 17.3 Å². The number of hydrogen-bond donors (Lipinski definition) is 0. The summed E-state index contributed by atoms with van der Waals surface area (Å²) in [6.07, 6.45) is 0. The minimum absolute atomic E-state index is 0.624. The number of anilines is 3. The van der Waals surface area contributed by atoms with Crippen LogP contribution in [0.25, 0.3) is 11.2 Å². The number of fused-ring (bicyclic) bond motifs is 1. The highest BCUT2D eigenvalue weighted by molar-refractivity contribution is 7.99. The Morgan fingerprint density at radius 3 is 1.74 bits per heavy atom. The molecule has 3 aliphatic rings. The quantitative estimate of drug-likeness (QED) is 0.488. The van der Waals surface area contributed by atoms with Crippen molar-refractivity contribution in [3.8, 4) is 0 Å². The highest BCUT2D eigenvalue weighted by Crippen LogP contribution is 2.36. The average Bonchev–Trinajstić information content (AvgIpc) is 2.94. The molecular weight excluding hydrogens is 466 g/mol. The molecule has 35 heavy (non-hydrogen) atoms. The maximum absolute atomic E-state index is 5.61. The molecule has 2 aromatic heterocycles. The minimum atomic E-state index is 0.624. The summed E-state index contributed by atoms with van der Waals surface area (Å²) in [4.78, 5) is 28.0. The van der Waals surface area contributed by atoms with E-state index in [-0.39, 0.29) is 0 Å². The van der Waals surface area contributed by atoms with E-state index in [1.807, 2.05) is 18.2 Å². The molecule has 10 nitrogen and oxygen atoms in total. The van der Waals surface area contributed by atoms with Crippen LogP contribution in [0.5, 0.6) is 0 Å². The Morgan fingerprint density at radius 2 is 1.14 bits per heavy atom. The van der Waals surface area contributed by atoms with E-state index in [4.69, 9.17) is 34.1 Å². The topological polar surface area (TPSA) is 89.0 Å². The molecule has 184 valence electrons. The molecule has 3 saturated heterocycles. The summed E-state index contributed by atoms with van der Waals surface area (Å²) >= 11 is 1.60. The summed E-state index contributed by atoms with van der Waals surface area (Å²) in [5, 5.41) is 0.818. The highest BCUT2D eigenvalue weighted by Gasteiger charge is 2.27. The van der Waals surface area contributed by atoms with Crippen molar-refractivity contribution in [3.05, 3.63) is 30.3 Å². The van der Waals surface area contributed by atoms with E-state index in [9.17, 15) is 0 Å². The Balaban J connectivity index is 1.49. The van der Waals surface area contributed by atoms with Crippen LogP contribution in [0, 0.1) is 0 Å². The van der Waals surface area contributed by atoms with Crippen molar-refractivity contribution in [2.75, 3.05) is 93.6 Å². The van der Waals surface area contributed by atoms with Gasteiger partial charge in [0.2, 0.25) is 5.95 Å². The van der Waals surface area contributed by atoms with Gasteiger partial charge in [0.1, 0.15) is 10.5 Å². The molecule has 0 atom stereocenters. The third-order valence-electron chi connectivity index (χ3n) is 6.32. The lowest BCUT2D eigenvalue weighted by Crippen LogP contribution is -2.41. The van der Waals surface area contributed by atoms with Gasteiger partial charge in [-0.2, -0.15) is 4.98 Å². The van der Waals surface area contributed by atoms with Gasteiger partial charge in [0.25, 0.3) is 0 Å². The Kier molecular flexibility index (Phi) is 6.81. The molecule has 0 aliphatic carbocycles. The van der Waals surface area contributed by atoms with Crippen molar-refractivity contribution in [3.63, 3.8) is 0 Å². The van der Waals surface area contributed by atoms with Crippen molar-refractivity contribution in [2.45, 2.75) is 9.92 Å². The van der Waals surface area contributed by atoms with E-state index < -0.39 is 0 Å². The summed E-state index contributed by atoms with van der Waals surface area (Å²) in [5.41, 5.74) is 1.35. The summed E-state index contributed by atoms with van der Waals surface area (Å²) < 4.78 is 16.8. The van der Waals surface area contributed by atoms with E-state index in [1.54, 1.807) is 11.8 Å². The van der Waals surface area contributed by atoms with E-state index >= 15 is 0 Å². The lowest BCUT2D eigenvalue weighted by atomic mass is 10.3. The van der Waals surface area contributed by atoms with Gasteiger partial charge in [0.05, 0.1) is 39.6 Å². The van der Waals surface area contributed by atoms with Gasteiger partial charge >= 0.3 is 0 Å². The summed E-state index contributed by atoms with van der Waals surface area (Å²) in [5.74, 6) is 2.42. The fourth-order valence-electron chi connectivity index (χ4n) is 4.44. The van der Waals surface area contributed by atoms with Gasteiger partial charge in [-0.05, 0) is 12.1 Å². The van der Waals surface area contributed by atoms with Gasteiger partial charge in [-0.3, -0.25) is 0 Å². The second kappa shape index (κ2) is 10.5. The first-order valence-electron chi connectivity index (χ1n) is 12.2. The number of rotatable bonds is 5. The molecular formula is C24H29N7O3S. The highest BCUT2D eigenvalue weighted by atomic mass is 32.2. The number of nitrogens with zero attached hydrogens (tertiary/aromatic N) is 7. The Labute approximate surface area is 208 Å². The fraction of sp³-hybridized carbons (Fsp3) is 0.500. The summed E-state index contributed by atoms with van der Waals surface area (Å²) in [6.45, 7) is 8.71. The Morgan fingerprint density at radius 1 is 0.600 bits per heavy atom. The van der Waals surface area contributed by atoms with Gasteiger partial charge in [-0.1, -0.05) is 30.0 Å². The predicted octanol–water partition coefficient (Wildman–Crippen LogP) is 2.08. The number of hydrogen-bond acceptors (Lipinski definition) is 11. The van der Waals surface area contributed by atoms with Gasteiger partial charge < -0.3 is 28.9 Å². The molecule has 0 saturated carbocycles. The number of aromatic nitrogens is 4. The minimum Gasteiger partial charge on any atom is -0.378 e. The lowest BCUT2D eigenvalue weighted by molar-refractivity contribution is 0.120. The molecule has 3 fully saturated rings. The van der Waals surface area contributed by atoms with Gasteiger partial charge in [0, 0.05) is 44.2 Å². The Hall–Kier alpha value is -2.73. The number of morpholine rings is 3. The third-order valence-corrected chi connectivity index (χ3v) is 7.31. The largest absolute Gasteiger partial charge is 0.378 e. The molecule has 3 aliphatic heterocycles. The first kappa shape index (κ1) is 22.7. The van der Waals surface area contributed by atoms with E-state index in [0.29, 0.717) is 51.2 Å². The van der Waals surface area contributed by atoms with Crippen LogP contribution in [-0.2, 0) is 14.2 Å². The molecule has 0 bridgehead atoms. The molecule has 0 amide bonds. The zero-order chi connectivity index (χ0) is 23.5. The van der Waals surface area contributed by atoms with Gasteiger partial charge in [-0.25, -0.2) is 15.0 Å². The van der Waals surface area contributed by atoms with Crippen LogP contribution in [0.15, 0.2) is 40.3 Å². The van der Waals surface area contributed by atoms with Crippen LogP contribution in [-0.4, -0.2) is 98.8 Å². The smallest absolute Gasteiger partial charge is 0.228 e. The molecule has 0 N–H and O–H groups in total. The second-order valence-electron chi connectivity index (χ2n) is 8.59. The monoisotopic (exact) mass is 495 g/mol. The Bertz CT molecular complexity index is 1150. The SMILES string of the molecule is c1ccc(Sc2nc(N3CCOCC3)nc3nc(N4CCOCC4)c(N4CCOCC4)nc23)cc1. The molecule has 0 spiro atoms. The second-order valence-corrected chi connectivity index (χ2v) is 9.65. The molecule has 6 rings (SSSR count). The number of benzene rings is 1. The molecule has 11 heteroatoms. The molecule has 0 radical (unpaired) electrons. The van der Waals surface area contributed by atoms with Crippen molar-refractivity contribution < 1.29 is 14.2 Å². The normalized spacial score (nSPS) is 19.4. The van der Waals surface area contributed by atoms with Crippen LogP contribution >= 0.6 is 11.8 Å². The van der Waals surface area contributed by atoms with E-state index in [2.05, 4.69) is 26.8 Å². The van der Waals surface area contributed by atoms with Crippen LogP contribution in [0.3, 0.4) is 0 Å². The molecule has 3 aromatic rings. The fourth-order valence-corrected chi connectivity index (χ4v) is 5.32. The van der Waals surface area contributed by atoms with E-state index in [0.717, 1.165) is 66.3 Å². The summed E-state index contributed by atoms with van der Waals surface area (Å²) in [6, 6.07) is 10.3. The third kappa shape index (κ3) is 4.99. The maximum Gasteiger partial charge on any atom is 0.228 e. The van der Waals surface area contributed by atoms with Crippen LogP contribution < -0.4 is 14.7 Å². The van der Waals surface area contributed by atoms with Crippen molar-refractivity contribution in [1.82, 2.24) is 19.9 Å². The molecule has 5 heterocycles. The molecule has 0 unspecified atom stereocenters. The zero-order valence-corrected chi connectivity index (χ0v) is 20.5. The van der Waals surface area contributed by atoms with Crippen LogP contribution in [0.1, 0.15) is 0 Å². The number of ether oxygens (including phenoxy) is 3.